The maximum atomic E-state index is 13.5. The lowest BCUT2D eigenvalue weighted by Gasteiger charge is -2.32. The first-order valence-electron chi connectivity index (χ1n) is 10.5. The Morgan fingerprint density at radius 3 is 2.34 bits per heavy atom. The predicted molar refractivity (Wildman–Crippen MR) is 128 cm³/mol. The third-order valence-corrected chi connectivity index (χ3v) is 6.92. The van der Waals surface area contributed by atoms with E-state index in [0.29, 0.717) is 9.33 Å². The van der Waals surface area contributed by atoms with Crippen LogP contribution < -0.4 is 24.5 Å². The van der Waals surface area contributed by atoms with Crippen LogP contribution in [0, 0.1) is 5.92 Å². The minimum atomic E-state index is -0.395. The molecule has 0 bridgehead atoms. The van der Waals surface area contributed by atoms with Gasteiger partial charge >= 0.3 is 0 Å². The molecule has 0 spiro atoms. The van der Waals surface area contributed by atoms with Gasteiger partial charge < -0.3 is 9.64 Å². The van der Waals surface area contributed by atoms with E-state index in [1.807, 2.05) is 80.5 Å². The molecule has 0 N–H and O–H groups in total. The van der Waals surface area contributed by atoms with Crippen LogP contribution in [-0.4, -0.2) is 37.6 Å². The largest absolute Gasteiger partial charge is 0.497 e. The lowest BCUT2D eigenvalue weighted by Crippen LogP contribution is -2.47. The van der Waals surface area contributed by atoms with E-state index in [1.165, 1.54) is 11.3 Å². The number of fused-ring (bicyclic) bond motifs is 1. The van der Waals surface area contributed by atoms with Gasteiger partial charge in [-0.3, -0.25) is 19.1 Å². The summed E-state index contributed by atoms with van der Waals surface area (Å²) in [5.41, 5.74) is 2.79. The van der Waals surface area contributed by atoms with Crippen molar-refractivity contribution in [2.24, 2.45) is 10.9 Å². The van der Waals surface area contributed by atoms with Crippen molar-refractivity contribution in [3.8, 4) is 5.75 Å². The van der Waals surface area contributed by atoms with Gasteiger partial charge in [0.25, 0.3) is 5.56 Å². The van der Waals surface area contributed by atoms with Crippen molar-refractivity contribution < 1.29 is 9.53 Å². The summed E-state index contributed by atoms with van der Waals surface area (Å²) in [7, 11) is 5.59. The highest BCUT2D eigenvalue weighted by Gasteiger charge is 2.38. The van der Waals surface area contributed by atoms with E-state index < -0.39 is 5.92 Å². The van der Waals surface area contributed by atoms with Crippen molar-refractivity contribution in [1.29, 1.82) is 0 Å². The van der Waals surface area contributed by atoms with E-state index in [2.05, 4.69) is 0 Å². The van der Waals surface area contributed by atoms with Gasteiger partial charge in [0, 0.05) is 19.8 Å². The van der Waals surface area contributed by atoms with Gasteiger partial charge in [-0.25, -0.2) is 0 Å². The summed E-state index contributed by atoms with van der Waals surface area (Å²) in [4.78, 5) is 33.6. The highest BCUT2D eigenvalue weighted by molar-refractivity contribution is 7.07. The van der Waals surface area contributed by atoms with E-state index >= 15 is 0 Å². The molecule has 2 heterocycles. The quantitative estimate of drug-likeness (QED) is 0.601. The standard InChI is InChI=1S/C25H27N3O3S/c1-15-22(16(2)29)23(18-8-10-19(11-9-18)27(3)4)28-24(30)21(32-25(28)26-15)14-17-6-12-20(31-5)13-7-17/h6-15,22-23H,1-5H3/b21-14+. The molecule has 7 heteroatoms. The zero-order chi connectivity index (χ0) is 23.0. The number of hydrogen-bond acceptors (Lipinski definition) is 6. The number of rotatable bonds is 5. The monoisotopic (exact) mass is 449 g/mol. The van der Waals surface area contributed by atoms with Crippen molar-refractivity contribution in [2.45, 2.75) is 25.9 Å². The first-order valence-corrected chi connectivity index (χ1v) is 11.3. The Bertz CT molecular complexity index is 1300. The van der Waals surface area contributed by atoms with Gasteiger partial charge in [0.2, 0.25) is 0 Å². The molecule has 32 heavy (non-hydrogen) atoms. The fourth-order valence-corrected chi connectivity index (χ4v) is 5.33. The predicted octanol–water partition coefficient (Wildman–Crippen LogP) is 2.63. The molecule has 4 rings (SSSR count). The lowest BCUT2D eigenvalue weighted by atomic mass is 9.84. The topological polar surface area (TPSA) is 63.9 Å². The number of hydrogen-bond donors (Lipinski definition) is 0. The van der Waals surface area contributed by atoms with Gasteiger partial charge in [0.1, 0.15) is 11.5 Å². The van der Waals surface area contributed by atoms with Crippen LogP contribution in [0.5, 0.6) is 5.75 Å². The van der Waals surface area contributed by atoms with Gasteiger partial charge in [-0.05, 0) is 55.3 Å². The summed E-state index contributed by atoms with van der Waals surface area (Å²) in [5.74, 6) is 0.403. The molecule has 0 saturated carbocycles. The Hall–Kier alpha value is -3.19. The fraction of sp³-hybridized carbons (Fsp3) is 0.320. The third kappa shape index (κ3) is 4.00. The van der Waals surface area contributed by atoms with E-state index in [1.54, 1.807) is 18.6 Å². The van der Waals surface area contributed by atoms with Gasteiger partial charge in [-0.1, -0.05) is 35.6 Å². The summed E-state index contributed by atoms with van der Waals surface area (Å²) in [6, 6.07) is 15.0. The highest BCUT2D eigenvalue weighted by atomic mass is 32.1. The number of Topliss-reactive ketones (excluding diaryl/α,β-unsaturated/α-hetero) is 1. The molecule has 3 unspecified atom stereocenters. The molecular formula is C25H27N3O3S. The number of aromatic nitrogens is 1. The summed E-state index contributed by atoms with van der Waals surface area (Å²) < 4.78 is 7.52. The van der Waals surface area contributed by atoms with E-state index in [4.69, 9.17) is 9.73 Å². The molecule has 0 saturated heterocycles. The second-order valence-corrected chi connectivity index (χ2v) is 9.29. The van der Waals surface area contributed by atoms with Crippen LogP contribution in [0.4, 0.5) is 5.69 Å². The van der Waals surface area contributed by atoms with Crippen molar-refractivity contribution in [3.05, 3.63) is 79.3 Å². The number of benzene rings is 2. The Morgan fingerprint density at radius 2 is 1.78 bits per heavy atom. The summed E-state index contributed by atoms with van der Waals surface area (Å²) in [6.45, 7) is 3.54. The number of carbonyl (C=O) groups excluding carboxylic acids is 1. The Balaban J connectivity index is 1.88. The molecule has 3 aromatic rings. The SMILES string of the molecule is COc1ccc(/C=c2/sc3n(c2=O)C(c2ccc(N(C)C)cc2)C(C(C)=O)C(C)N=3)cc1. The minimum absolute atomic E-state index is 0.0346. The number of anilines is 1. The van der Waals surface area contributed by atoms with Gasteiger partial charge in [0.05, 0.1) is 29.6 Å². The van der Waals surface area contributed by atoms with Crippen molar-refractivity contribution in [1.82, 2.24) is 4.57 Å². The highest BCUT2D eigenvalue weighted by Crippen LogP contribution is 2.32. The lowest BCUT2D eigenvalue weighted by molar-refractivity contribution is -0.122. The van der Waals surface area contributed by atoms with Crippen LogP contribution >= 0.6 is 11.3 Å². The molecule has 6 nitrogen and oxygen atoms in total. The third-order valence-electron chi connectivity index (χ3n) is 5.92. The summed E-state index contributed by atoms with van der Waals surface area (Å²) in [5, 5.41) is 0. The number of carbonyl (C=O) groups is 1. The van der Waals surface area contributed by atoms with Gasteiger partial charge in [-0.2, -0.15) is 0 Å². The summed E-state index contributed by atoms with van der Waals surface area (Å²) in [6.07, 6.45) is 1.87. The van der Waals surface area contributed by atoms with Gasteiger partial charge in [0.15, 0.2) is 4.80 Å². The second kappa shape index (κ2) is 8.74. The van der Waals surface area contributed by atoms with E-state index in [9.17, 15) is 9.59 Å². The van der Waals surface area contributed by atoms with Crippen LogP contribution in [-0.2, 0) is 4.79 Å². The molecule has 1 aliphatic heterocycles. The summed E-state index contributed by atoms with van der Waals surface area (Å²) >= 11 is 1.37. The second-order valence-electron chi connectivity index (χ2n) is 8.28. The Kier molecular flexibility index (Phi) is 6.02. The Morgan fingerprint density at radius 1 is 1.12 bits per heavy atom. The fourth-order valence-electron chi connectivity index (χ4n) is 4.24. The maximum absolute atomic E-state index is 13.5. The zero-order valence-corrected chi connectivity index (χ0v) is 19.7. The number of ether oxygens (including phenoxy) is 1. The smallest absolute Gasteiger partial charge is 0.270 e. The molecule has 2 aromatic carbocycles. The van der Waals surface area contributed by atoms with E-state index in [-0.39, 0.29) is 23.4 Å². The molecule has 1 aromatic heterocycles. The number of thiazole rings is 1. The van der Waals surface area contributed by atoms with Crippen LogP contribution in [0.1, 0.15) is 31.0 Å². The molecule has 0 aliphatic carbocycles. The normalized spacial score (nSPS) is 20.4. The van der Waals surface area contributed by atoms with Crippen molar-refractivity contribution in [3.63, 3.8) is 0 Å². The zero-order valence-electron chi connectivity index (χ0n) is 18.9. The van der Waals surface area contributed by atoms with Crippen LogP contribution in [0.25, 0.3) is 6.08 Å². The molecule has 1 aliphatic rings. The first kappa shape index (κ1) is 22.0. The first-order chi connectivity index (χ1) is 15.3. The number of nitrogens with zero attached hydrogens (tertiary/aromatic N) is 3. The Labute approximate surface area is 191 Å². The van der Waals surface area contributed by atoms with Crippen LogP contribution in [0.3, 0.4) is 0 Å². The molecular weight excluding hydrogens is 422 g/mol. The van der Waals surface area contributed by atoms with Crippen molar-refractivity contribution >= 4 is 28.9 Å². The van der Waals surface area contributed by atoms with Crippen LogP contribution in [0.2, 0.25) is 0 Å². The minimum Gasteiger partial charge on any atom is -0.497 e. The average molecular weight is 450 g/mol. The number of ketones is 1. The number of methoxy groups -OCH3 is 1. The average Bonchev–Trinajstić information content (AvgIpc) is 3.07. The van der Waals surface area contributed by atoms with Crippen LogP contribution in [0.15, 0.2) is 58.3 Å². The molecule has 0 amide bonds. The van der Waals surface area contributed by atoms with Gasteiger partial charge in [-0.15, -0.1) is 0 Å². The molecule has 166 valence electrons. The van der Waals surface area contributed by atoms with Crippen molar-refractivity contribution in [2.75, 3.05) is 26.1 Å². The molecule has 0 radical (unpaired) electrons. The molecule has 3 atom stereocenters. The maximum Gasteiger partial charge on any atom is 0.270 e. The van der Waals surface area contributed by atoms with E-state index in [0.717, 1.165) is 22.6 Å². The molecule has 0 fully saturated rings.